The van der Waals surface area contributed by atoms with Gasteiger partial charge in [-0.1, -0.05) is 0 Å². The Morgan fingerprint density at radius 2 is 1.97 bits per heavy atom. The summed E-state index contributed by atoms with van der Waals surface area (Å²) in [5, 5.41) is 9.61. The highest BCUT2D eigenvalue weighted by Crippen LogP contribution is 2.38. The third-order valence-electron chi connectivity index (χ3n) is 5.51. The van der Waals surface area contributed by atoms with E-state index in [4.69, 9.17) is 5.73 Å². The first-order valence-electron chi connectivity index (χ1n) is 9.36. The maximum atomic E-state index is 13.0. The van der Waals surface area contributed by atoms with Gasteiger partial charge in [-0.05, 0) is 54.3 Å². The Hall–Kier alpha value is -3.63. The number of carbonyl (C=O) groups is 3. The summed E-state index contributed by atoms with van der Waals surface area (Å²) < 4.78 is 38.8. The lowest BCUT2D eigenvalue weighted by molar-refractivity contribution is -0.165. The summed E-state index contributed by atoms with van der Waals surface area (Å²) in [5.74, 6) is -2.74. The van der Waals surface area contributed by atoms with Gasteiger partial charge in [0, 0.05) is 18.4 Å². The van der Waals surface area contributed by atoms with Gasteiger partial charge in [-0.3, -0.25) is 9.69 Å². The Morgan fingerprint density at radius 3 is 2.61 bits per heavy atom. The first kappa shape index (κ1) is 20.6. The van der Waals surface area contributed by atoms with Crippen molar-refractivity contribution in [2.45, 2.75) is 25.1 Å². The fourth-order valence-corrected chi connectivity index (χ4v) is 4.03. The molecule has 4 rings (SSSR count). The number of carbonyl (C=O) groups excluding carboxylic acids is 2. The van der Waals surface area contributed by atoms with Crippen LogP contribution >= 0.6 is 0 Å². The lowest BCUT2D eigenvalue weighted by Gasteiger charge is -2.44. The molecule has 11 heteroatoms. The van der Waals surface area contributed by atoms with E-state index in [1.54, 1.807) is 6.07 Å². The third kappa shape index (κ3) is 3.56. The number of hydrogen-bond acceptors (Lipinski definition) is 5. The summed E-state index contributed by atoms with van der Waals surface area (Å²) in [4.78, 5) is 43.1. The molecule has 1 aromatic carbocycles. The van der Waals surface area contributed by atoms with Crippen molar-refractivity contribution in [1.82, 2.24) is 9.88 Å². The normalized spacial score (nSPS) is 20.4. The second kappa shape index (κ2) is 7.25. The standard InChI is InChI=1S/C20H17F3N4O4/c21-20(22,23)12-1-2-14-11(9-12)4-6-26(14)19(31)27-16(18(29)30)13(17(27)28)7-10-3-5-25-15(24)8-10/h1-3,5,8-9,13,16H,4,6-7H2,(H2,24,25)(H,29,30)/t13-,16+/m1/s1. The van der Waals surface area contributed by atoms with Gasteiger partial charge < -0.3 is 10.8 Å². The molecule has 3 heterocycles. The maximum Gasteiger partial charge on any atom is 0.416 e. The van der Waals surface area contributed by atoms with Gasteiger partial charge in [0.2, 0.25) is 5.91 Å². The zero-order chi connectivity index (χ0) is 22.5. The molecular weight excluding hydrogens is 417 g/mol. The lowest BCUT2D eigenvalue weighted by Crippen LogP contribution is -2.69. The van der Waals surface area contributed by atoms with Gasteiger partial charge >= 0.3 is 18.2 Å². The van der Waals surface area contributed by atoms with E-state index in [2.05, 4.69) is 4.98 Å². The number of nitrogen functional groups attached to an aromatic ring is 1. The molecule has 1 aromatic heterocycles. The molecule has 8 nitrogen and oxygen atoms in total. The molecule has 2 aromatic rings. The average molecular weight is 434 g/mol. The Morgan fingerprint density at radius 1 is 1.23 bits per heavy atom. The van der Waals surface area contributed by atoms with Crippen LogP contribution in [0.25, 0.3) is 0 Å². The number of aliphatic carboxylic acids is 1. The molecule has 1 saturated heterocycles. The van der Waals surface area contributed by atoms with Gasteiger partial charge in [0.1, 0.15) is 5.82 Å². The van der Waals surface area contributed by atoms with Crippen molar-refractivity contribution >= 4 is 29.4 Å². The number of likely N-dealkylation sites (tertiary alicyclic amines) is 1. The zero-order valence-corrected chi connectivity index (χ0v) is 16.0. The van der Waals surface area contributed by atoms with E-state index in [0.29, 0.717) is 16.0 Å². The number of carboxylic acid groups (broad SMARTS) is 1. The number of hydrogen-bond donors (Lipinski definition) is 2. The number of nitrogens with two attached hydrogens (primary N) is 1. The molecule has 2 aliphatic rings. The van der Waals surface area contributed by atoms with Crippen LogP contribution in [-0.2, 0) is 28.6 Å². The number of amides is 3. The SMILES string of the molecule is Nc1cc(C[C@H]2C(=O)N(C(=O)N3CCc4cc(C(F)(F)F)ccc43)[C@@H]2C(=O)O)ccn1. The second-order valence-electron chi connectivity index (χ2n) is 7.42. The summed E-state index contributed by atoms with van der Waals surface area (Å²) in [5.41, 5.74) is 5.93. The molecule has 2 atom stereocenters. The molecule has 1 fully saturated rings. The van der Waals surface area contributed by atoms with Crippen LogP contribution in [-0.4, -0.2) is 45.5 Å². The first-order chi connectivity index (χ1) is 14.6. The molecule has 0 aliphatic carbocycles. The van der Waals surface area contributed by atoms with Gasteiger partial charge in [-0.2, -0.15) is 13.2 Å². The van der Waals surface area contributed by atoms with Crippen LogP contribution in [0.3, 0.4) is 0 Å². The number of fused-ring (bicyclic) bond motifs is 1. The predicted molar refractivity (Wildman–Crippen MR) is 102 cm³/mol. The number of benzene rings is 1. The van der Waals surface area contributed by atoms with E-state index in [1.165, 1.54) is 18.3 Å². The van der Waals surface area contributed by atoms with Gasteiger partial charge in [0.15, 0.2) is 6.04 Å². The Kier molecular flexibility index (Phi) is 4.83. The van der Waals surface area contributed by atoms with E-state index < -0.39 is 41.6 Å². The van der Waals surface area contributed by atoms with Crippen LogP contribution < -0.4 is 10.6 Å². The number of halogens is 3. The van der Waals surface area contributed by atoms with E-state index >= 15 is 0 Å². The monoisotopic (exact) mass is 434 g/mol. The second-order valence-corrected chi connectivity index (χ2v) is 7.42. The average Bonchev–Trinajstić information content (AvgIpc) is 3.12. The Labute approximate surface area is 174 Å². The molecule has 0 radical (unpaired) electrons. The van der Waals surface area contributed by atoms with Crippen molar-refractivity contribution in [3.8, 4) is 0 Å². The maximum absolute atomic E-state index is 13.0. The fourth-order valence-electron chi connectivity index (χ4n) is 4.03. The predicted octanol–water partition coefficient (Wildman–Crippen LogP) is 2.32. The first-order valence-corrected chi connectivity index (χ1v) is 9.36. The van der Waals surface area contributed by atoms with Crippen molar-refractivity contribution in [1.29, 1.82) is 0 Å². The summed E-state index contributed by atoms with van der Waals surface area (Å²) >= 11 is 0. The molecule has 0 bridgehead atoms. The van der Waals surface area contributed by atoms with Crippen LogP contribution in [0, 0.1) is 5.92 Å². The van der Waals surface area contributed by atoms with Gasteiger partial charge in [0.05, 0.1) is 11.5 Å². The Bertz CT molecular complexity index is 1090. The Balaban J connectivity index is 1.56. The fraction of sp³-hybridized carbons (Fsp3) is 0.300. The van der Waals surface area contributed by atoms with Crippen LogP contribution in [0.4, 0.5) is 29.5 Å². The number of alkyl halides is 3. The minimum absolute atomic E-state index is 0.0527. The number of pyridine rings is 1. The van der Waals surface area contributed by atoms with Crippen LogP contribution in [0.1, 0.15) is 16.7 Å². The number of urea groups is 1. The molecule has 3 amide bonds. The minimum Gasteiger partial charge on any atom is -0.480 e. The molecule has 2 aliphatic heterocycles. The van der Waals surface area contributed by atoms with Crippen molar-refractivity contribution in [2.24, 2.45) is 5.92 Å². The van der Waals surface area contributed by atoms with Crippen LogP contribution in [0.2, 0.25) is 0 Å². The highest BCUT2D eigenvalue weighted by Gasteiger charge is 2.56. The summed E-state index contributed by atoms with van der Waals surface area (Å²) in [6, 6.07) is 3.86. The number of aromatic nitrogens is 1. The number of imide groups is 1. The topological polar surface area (TPSA) is 117 Å². The molecule has 0 unspecified atom stereocenters. The number of anilines is 2. The van der Waals surface area contributed by atoms with E-state index in [-0.39, 0.29) is 30.9 Å². The van der Waals surface area contributed by atoms with E-state index in [1.807, 2.05) is 0 Å². The number of β-lactam (4-membered cyclic amide) rings is 1. The summed E-state index contributed by atoms with van der Waals surface area (Å²) in [6.07, 6.45) is -2.84. The lowest BCUT2D eigenvalue weighted by atomic mass is 9.82. The van der Waals surface area contributed by atoms with Gasteiger partial charge in [0.25, 0.3) is 0 Å². The van der Waals surface area contributed by atoms with E-state index in [9.17, 15) is 32.7 Å². The number of carboxylic acids is 1. The zero-order valence-electron chi connectivity index (χ0n) is 16.0. The molecule has 0 saturated carbocycles. The largest absolute Gasteiger partial charge is 0.480 e. The van der Waals surface area contributed by atoms with Crippen molar-refractivity contribution < 1.29 is 32.7 Å². The van der Waals surface area contributed by atoms with Crippen LogP contribution in [0.15, 0.2) is 36.5 Å². The number of rotatable bonds is 3. The van der Waals surface area contributed by atoms with Crippen LogP contribution in [0.5, 0.6) is 0 Å². The molecule has 31 heavy (non-hydrogen) atoms. The highest BCUT2D eigenvalue weighted by molar-refractivity contribution is 6.12. The molecule has 3 N–H and O–H groups in total. The molecule has 0 spiro atoms. The summed E-state index contributed by atoms with van der Waals surface area (Å²) in [7, 11) is 0. The van der Waals surface area contributed by atoms with Crippen molar-refractivity contribution in [2.75, 3.05) is 17.2 Å². The summed E-state index contributed by atoms with van der Waals surface area (Å²) in [6.45, 7) is 0.0527. The molecule has 162 valence electrons. The smallest absolute Gasteiger partial charge is 0.416 e. The third-order valence-corrected chi connectivity index (χ3v) is 5.51. The van der Waals surface area contributed by atoms with Crippen molar-refractivity contribution in [3.05, 3.63) is 53.2 Å². The number of nitrogens with zero attached hydrogens (tertiary/aromatic N) is 3. The molecular formula is C20H17F3N4O4. The van der Waals surface area contributed by atoms with E-state index in [0.717, 1.165) is 17.0 Å². The van der Waals surface area contributed by atoms with Gasteiger partial charge in [-0.25, -0.2) is 19.5 Å². The quantitative estimate of drug-likeness (QED) is 0.717. The van der Waals surface area contributed by atoms with Gasteiger partial charge in [-0.15, -0.1) is 0 Å². The minimum atomic E-state index is -4.52. The highest BCUT2D eigenvalue weighted by atomic mass is 19.4. The van der Waals surface area contributed by atoms with Crippen molar-refractivity contribution in [3.63, 3.8) is 0 Å².